The molecule has 0 aromatic heterocycles. The molecule has 2 nitrogen and oxygen atoms in total. The number of hydrogen-bond donors (Lipinski definition) is 0. The fourth-order valence-electron chi connectivity index (χ4n) is 2.67. The van der Waals surface area contributed by atoms with Gasteiger partial charge in [0, 0.05) is 17.4 Å². The first-order chi connectivity index (χ1) is 11.5. The quantitative estimate of drug-likeness (QED) is 0.472. The molecular weight excluding hydrogens is 336 g/mol. The highest BCUT2D eigenvalue weighted by Crippen LogP contribution is 2.31. The third-order valence-electron chi connectivity index (χ3n) is 3.95. The molecule has 0 aliphatic heterocycles. The van der Waals surface area contributed by atoms with Gasteiger partial charge in [0.15, 0.2) is 5.05 Å². The standard InChI is InChI=1S/C20H24O2S2/c1-6-16-10-14(3)19(11-13(16)2)21-12-17-18(22-15(4)23)8-7-9-20(17)24-5/h7-11H,6,12H2,1-5H3. The molecule has 0 bridgehead atoms. The number of rotatable bonds is 6. The minimum Gasteiger partial charge on any atom is -0.488 e. The Morgan fingerprint density at radius 1 is 1.12 bits per heavy atom. The average Bonchev–Trinajstić information content (AvgIpc) is 2.55. The minimum atomic E-state index is 0.459. The van der Waals surface area contributed by atoms with Crippen LogP contribution in [0.5, 0.6) is 11.5 Å². The van der Waals surface area contributed by atoms with E-state index < -0.39 is 0 Å². The molecule has 128 valence electrons. The van der Waals surface area contributed by atoms with Crippen molar-refractivity contribution in [1.82, 2.24) is 0 Å². The summed E-state index contributed by atoms with van der Waals surface area (Å²) in [6.45, 7) is 8.63. The number of thioether (sulfide) groups is 1. The van der Waals surface area contributed by atoms with Crippen LogP contribution in [0.25, 0.3) is 0 Å². The van der Waals surface area contributed by atoms with E-state index in [1.54, 1.807) is 18.7 Å². The van der Waals surface area contributed by atoms with E-state index in [1.165, 1.54) is 11.1 Å². The van der Waals surface area contributed by atoms with Gasteiger partial charge in [-0.25, -0.2) is 0 Å². The molecule has 0 atom stereocenters. The van der Waals surface area contributed by atoms with Crippen molar-refractivity contribution >= 4 is 29.0 Å². The second-order valence-corrected chi connectivity index (χ2v) is 7.14. The molecule has 0 aliphatic carbocycles. The van der Waals surface area contributed by atoms with Crippen molar-refractivity contribution in [1.29, 1.82) is 0 Å². The second kappa shape index (κ2) is 8.54. The highest BCUT2D eigenvalue weighted by Gasteiger charge is 2.12. The van der Waals surface area contributed by atoms with Crippen molar-refractivity contribution in [2.24, 2.45) is 0 Å². The van der Waals surface area contributed by atoms with Crippen LogP contribution in [0.4, 0.5) is 0 Å². The summed E-state index contributed by atoms with van der Waals surface area (Å²) < 4.78 is 11.8. The van der Waals surface area contributed by atoms with E-state index in [9.17, 15) is 0 Å². The largest absolute Gasteiger partial charge is 0.488 e. The van der Waals surface area contributed by atoms with Crippen LogP contribution in [-0.2, 0) is 13.0 Å². The molecule has 0 heterocycles. The lowest BCUT2D eigenvalue weighted by atomic mass is 10.0. The number of thiocarbonyl (C=S) groups is 1. The molecule has 0 amide bonds. The molecule has 0 aliphatic rings. The van der Waals surface area contributed by atoms with E-state index in [1.807, 2.05) is 12.1 Å². The van der Waals surface area contributed by atoms with E-state index in [-0.39, 0.29) is 0 Å². The van der Waals surface area contributed by atoms with Crippen LogP contribution in [0.15, 0.2) is 35.2 Å². The van der Waals surface area contributed by atoms with Gasteiger partial charge >= 0.3 is 0 Å². The van der Waals surface area contributed by atoms with Gasteiger partial charge in [-0.1, -0.05) is 19.1 Å². The summed E-state index contributed by atoms with van der Waals surface area (Å²) in [4.78, 5) is 1.14. The molecule has 0 saturated carbocycles. The van der Waals surface area contributed by atoms with E-state index in [0.29, 0.717) is 11.7 Å². The number of ether oxygens (including phenoxy) is 2. The highest BCUT2D eigenvalue weighted by molar-refractivity contribution is 7.98. The first kappa shape index (κ1) is 18.8. The normalized spacial score (nSPS) is 10.5. The lowest BCUT2D eigenvalue weighted by molar-refractivity contribution is 0.296. The molecule has 0 N–H and O–H groups in total. The van der Waals surface area contributed by atoms with E-state index in [2.05, 4.69) is 45.2 Å². The van der Waals surface area contributed by atoms with Crippen molar-refractivity contribution in [3.8, 4) is 11.5 Å². The SMILES string of the molecule is CCc1cc(C)c(OCc2c(OC(C)=S)cccc2SC)cc1C. The Hall–Kier alpha value is -1.52. The predicted molar refractivity (Wildman–Crippen MR) is 107 cm³/mol. The van der Waals surface area contributed by atoms with Crippen molar-refractivity contribution in [2.75, 3.05) is 6.26 Å². The first-order valence-electron chi connectivity index (χ1n) is 8.03. The monoisotopic (exact) mass is 360 g/mol. The Morgan fingerprint density at radius 2 is 1.88 bits per heavy atom. The van der Waals surface area contributed by atoms with Crippen LogP contribution in [0.3, 0.4) is 0 Å². The topological polar surface area (TPSA) is 18.5 Å². The summed E-state index contributed by atoms with van der Waals surface area (Å²) in [5.74, 6) is 1.69. The van der Waals surface area contributed by atoms with E-state index >= 15 is 0 Å². The van der Waals surface area contributed by atoms with Gasteiger partial charge in [0.1, 0.15) is 18.1 Å². The maximum Gasteiger partial charge on any atom is 0.164 e. The predicted octanol–water partition coefficient (Wildman–Crippen LogP) is 5.89. The van der Waals surface area contributed by atoms with Crippen LogP contribution in [0, 0.1) is 13.8 Å². The second-order valence-electron chi connectivity index (χ2n) is 5.72. The van der Waals surface area contributed by atoms with Crippen molar-refractivity contribution in [3.05, 3.63) is 52.6 Å². The smallest absolute Gasteiger partial charge is 0.164 e. The molecule has 2 aromatic carbocycles. The van der Waals surface area contributed by atoms with Crippen molar-refractivity contribution in [3.63, 3.8) is 0 Å². The summed E-state index contributed by atoms with van der Waals surface area (Å²) in [5.41, 5.74) is 4.82. The van der Waals surface area contributed by atoms with Gasteiger partial charge in [0.05, 0.1) is 0 Å². The zero-order chi connectivity index (χ0) is 17.7. The summed E-state index contributed by atoms with van der Waals surface area (Å²) >= 11 is 6.77. The number of hydrogen-bond acceptors (Lipinski definition) is 4. The fourth-order valence-corrected chi connectivity index (χ4v) is 3.38. The summed E-state index contributed by atoms with van der Waals surface area (Å²) in [7, 11) is 0. The average molecular weight is 361 g/mol. The van der Waals surface area contributed by atoms with Gasteiger partial charge in [0.2, 0.25) is 0 Å². The van der Waals surface area contributed by atoms with Gasteiger partial charge in [-0.15, -0.1) is 11.8 Å². The third kappa shape index (κ3) is 4.52. The van der Waals surface area contributed by atoms with Crippen LogP contribution in [-0.4, -0.2) is 11.3 Å². The minimum absolute atomic E-state index is 0.459. The van der Waals surface area contributed by atoms with Gasteiger partial charge < -0.3 is 9.47 Å². The summed E-state index contributed by atoms with van der Waals surface area (Å²) in [5, 5.41) is 0.508. The number of benzene rings is 2. The first-order valence-corrected chi connectivity index (χ1v) is 9.66. The van der Waals surface area contributed by atoms with Crippen LogP contribution in [0.2, 0.25) is 0 Å². The maximum atomic E-state index is 6.13. The zero-order valence-electron chi connectivity index (χ0n) is 14.9. The Balaban J connectivity index is 2.28. The molecule has 4 heteroatoms. The van der Waals surface area contributed by atoms with Gasteiger partial charge in [-0.05, 0) is 73.6 Å². The molecule has 0 spiro atoms. The Kier molecular flexibility index (Phi) is 6.69. The van der Waals surface area contributed by atoms with Gasteiger partial charge in [-0.3, -0.25) is 0 Å². The third-order valence-corrected chi connectivity index (χ3v) is 4.86. The summed E-state index contributed by atoms with van der Waals surface area (Å²) in [6, 6.07) is 10.3. The molecule has 0 fully saturated rings. The highest BCUT2D eigenvalue weighted by atomic mass is 32.2. The molecule has 2 rings (SSSR count). The van der Waals surface area contributed by atoms with E-state index in [0.717, 1.165) is 33.9 Å². The Bertz CT molecular complexity index is 739. The fraction of sp³-hybridized carbons (Fsp3) is 0.350. The van der Waals surface area contributed by atoms with Crippen molar-refractivity contribution < 1.29 is 9.47 Å². The van der Waals surface area contributed by atoms with Gasteiger partial charge in [0.25, 0.3) is 0 Å². The lowest BCUT2D eigenvalue weighted by Gasteiger charge is -2.17. The Morgan fingerprint density at radius 3 is 2.50 bits per heavy atom. The van der Waals surface area contributed by atoms with Crippen molar-refractivity contribution in [2.45, 2.75) is 45.6 Å². The van der Waals surface area contributed by atoms with Gasteiger partial charge in [-0.2, -0.15) is 0 Å². The van der Waals surface area contributed by atoms with E-state index in [4.69, 9.17) is 21.7 Å². The Labute approximate surface area is 154 Å². The molecule has 0 unspecified atom stereocenters. The van der Waals surface area contributed by atoms with Crippen LogP contribution >= 0.6 is 24.0 Å². The lowest BCUT2D eigenvalue weighted by Crippen LogP contribution is -2.06. The molecular formula is C20H24O2S2. The molecule has 0 radical (unpaired) electrons. The maximum absolute atomic E-state index is 6.13. The molecule has 0 saturated heterocycles. The summed E-state index contributed by atoms with van der Waals surface area (Å²) in [6.07, 6.45) is 3.09. The number of aryl methyl sites for hydroxylation is 3. The van der Waals surface area contributed by atoms with Crippen LogP contribution in [0.1, 0.15) is 36.1 Å². The molecule has 24 heavy (non-hydrogen) atoms. The van der Waals surface area contributed by atoms with Crippen LogP contribution < -0.4 is 9.47 Å². The zero-order valence-corrected chi connectivity index (χ0v) is 16.6. The molecule has 2 aromatic rings.